The molecule has 8 nitrogen and oxygen atoms in total. The van der Waals surface area contributed by atoms with Crippen LogP contribution in [0.25, 0.3) is 0 Å². The van der Waals surface area contributed by atoms with Crippen LogP contribution in [0.1, 0.15) is 22.6 Å². The molecule has 1 saturated heterocycles. The van der Waals surface area contributed by atoms with Gasteiger partial charge in [-0.1, -0.05) is 42.5 Å². The number of aliphatic hydroxyl groups is 2. The van der Waals surface area contributed by atoms with Crippen LogP contribution in [0.2, 0.25) is 0 Å². The molecule has 9 heteroatoms. The van der Waals surface area contributed by atoms with E-state index in [0.717, 1.165) is 11.3 Å². The third-order valence-corrected chi connectivity index (χ3v) is 8.48. The van der Waals surface area contributed by atoms with Crippen LogP contribution in [0.15, 0.2) is 60.7 Å². The number of alkyl halides is 1. The largest absolute Gasteiger partial charge is 0.481 e. The van der Waals surface area contributed by atoms with Crippen molar-refractivity contribution in [1.29, 1.82) is 0 Å². The minimum Gasteiger partial charge on any atom is -0.481 e. The van der Waals surface area contributed by atoms with Gasteiger partial charge in [0.15, 0.2) is 11.2 Å². The first-order valence-electron chi connectivity index (χ1n) is 13.2. The van der Waals surface area contributed by atoms with E-state index in [1.807, 2.05) is 78.5 Å². The molecule has 2 N–H and O–H groups in total. The molecule has 3 aromatic rings. The number of nitrogens with zero attached hydrogens (tertiary/aromatic N) is 3. The average Bonchev–Trinajstić information content (AvgIpc) is 3.29. The number of benzene rings is 2. The number of hydrogen-bond donors (Lipinski definition) is 2. The van der Waals surface area contributed by atoms with Crippen molar-refractivity contribution in [3.8, 4) is 17.5 Å². The molecule has 39 heavy (non-hydrogen) atoms. The van der Waals surface area contributed by atoms with Crippen molar-refractivity contribution in [2.24, 2.45) is 5.92 Å². The van der Waals surface area contributed by atoms with Gasteiger partial charge in [0, 0.05) is 30.1 Å². The molecular formula is C30H34FN3O5. The fraction of sp³-hybridized carbons (Fsp3) is 0.433. The van der Waals surface area contributed by atoms with E-state index >= 15 is 0 Å². The summed E-state index contributed by atoms with van der Waals surface area (Å²) in [5.74, 6) is -0.106. The smallest absolute Gasteiger partial charge is 0.226 e. The standard InChI is InChI=1S/C30H34FN3O5/c1-33(2)17-22-25(18-8-6-5-7-9-18)30(19-10-12-21(13-11-19)34-15-20(31)16-34)29(36,27(22)35)26-23(39-30)14-24(37-3)32-28(26)38-4/h5-14,20,22,25,27,35-36H,15-17H2,1-4H3/t22-,25-,27-,29+,30+/m1/s1. The summed E-state index contributed by atoms with van der Waals surface area (Å²) in [7, 11) is 6.86. The first-order chi connectivity index (χ1) is 18.7. The van der Waals surface area contributed by atoms with Gasteiger partial charge >= 0.3 is 0 Å². The monoisotopic (exact) mass is 535 g/mol. The maximum Gasteiger partial charge on any atom is 0.226 e. The summed E-state index contributed by atoms with van der Waals surface area (Å²) in [5, 5.41) is 25.0. The molecule has 3 heterocycles. The van der Waals surface area contributed by atoms with Crippen molar-refractivity contribution in [1.82, 2.24) is 9.88 Å². The third kappa shape index (κ3) is 3.63. The fourth-order valence-corrected chi connectivity index (χ4v) is 6.84. The molecule has 0 spiro atoms. The van der Waals surface area contributed by atoms with E-state index in [4.69, 9.17) is 14.2 Å². The van der Waals surface area contributed by atoms with E-state index < -0.39 is 35.3 Å². The Hall–Kier alpha value is -3.40. The normalized spacial score (nSPS) is 29.5. The number of pyridine rings is 1. The summed E-state index contributed by atoms with van der Waals surface area (Å²) in [6.07, 6.45) is -2.05. The molecule has 1 aromatic heterocycles. The Morgan fingerprint density at radius 1 is 1.08 bits per heavy atom. The highest BCUT2D eigenvalue weighted by Gasteiger charge is 2.77. The minimum absolute atomic E-state index is 0.135. The number of ether oxygens (including phenoxy) is 3. The lowest BCUT2D eigenvalue weighted by molar-refractivity contribution is -0.152. The molecule has 6 rings (SSSR count). The fourth-order valence-electron chi connectivity index (χ4n) is 6.84. The van der Waals surface area contributed by atoms with Crippen molar-refractivity contribution < 1.29 is 28.8 Å². The van der Waals surface area contributed by atoms with Crippen LogP contribution in [0.3, 0.4) is 0 Å². The molecule has 2 aromatic carbocycles. The van der Waals surface area contributed by atoms with Crippen molar-refractivity contribution in [2.45, 2.75) is 29.4 Å². The van der Waals surface area contributed by atoms with Gasteiger partial charge in [-0.2, -0.15) is 4.98 Å². The van der Waals surface area contributed by atoms with Crippen LogP contribution in [-0.2, 0) is 11.2 Å². The van der Waals surface area contributed by atoms with E-state index in [1.54, 1.807) is 6.07 Å². The summed E-state index contributed by atoms with van der Waals surface area (Å²) < 4.78 is 31.5. The number of anilines is 1. The van der Waals surface area contributed by atoms with Gasteiger partial charge in [0.25, 0.3) is 0 Å². The molecule has 1 aliphatic carbocycles. The molecule has 5 atom stereocenters. The zero-order chi connectivity index (χ0) is 27.5. The molecule has 206 valence electrons. The van der Waals surface area contributed by atoms with Crippen LogP contribution >= 0.6 is 0 Å². The van der Waals surface area contributed by atoms with Crippen molar-refractivity contribution in [3.05, 3.63) is 77.4 Å². The molecule has 2 fully saturated rings. The van der Waals surface area contributed by atoms with Gasteiger partial charge in [-0.05, 0) is 37.4 Å². The Labute approximate surface area is 227 Å². The van der Waals surface area contributed by atoms with Crippen molar-refractivity contribution >= 4 is 5.69 Å². The molecule has 0 radical (unpaired) electrons. The first-order valence-corrected chi connectivity index (χ1v) is 13.2. The van der Waals surface area contributed by atoms with Gasteiger partial charge in [-0.3, -0.25) is 0 Å². The maximum atomic E-state index is 13.6. The second-order valence-electron chi connectivity index (χ2n) is 11.0. The molecule has 0 unspecified atom stereocenters. The maximum absolute atomic E-state index is 13.6. The van der Waals surface area contributed by atoms with Crippen LogP contribution in [-0.4, -0.2) is 80.3 Å². The zero-order valence-corrected chi connectivity index (χ0v) is 22.5. The van der Waals surface area contributed by atoms with Gasteiger partial charge in [0.2, 0.25) is 11.8 Å². The summed E-state index contributed by atoms with van der Waals surface area (Å²) in [5.41, 5.74) is -0.517. The second kappa shape index (κ2) is 9.36. The highest BCUT2D eigenvalue weighted by Crippen LogP contribution is 2.70. The number of fused-ring (bicyclic) bond motifs is 3. The predicted octanol–water partition coefficient (Wildman–Crippen LogP) is 3.07. The molecule has 0 bridgehead atoms. The SMILES string of the molecule is COc1cc2c(c(OC)n1)[C@]1(O)[C@H](O)[C@H](CN(C)C)[C@@H](c3ccccc3)[C@]1(c1ccc(N3CC(F)C3)cc1)O2. The quantitative estimate of drug-likeness (QED) is 0.478. The van der Waals surface area contributed by atoms with Crippen LogP contribution in [0.4, 0.5) is 10.1 Å². The Morgan fingerprint density at radius 2 is 1.77 bits per heavy atom. The summed E-state index contributed by atoms with van der Waals surface area (Å²) >= 11 is 0. The molecule has 2 aliphatic heterocycles. The lowest BCUT2D eigenvalue weighted by atomic mass is 9.70. The number of aromatic nitrogens is 1. The highest BCUT2D eigenvalue weighted by atomic mass is 19.1. The minimum atomic E-state index is -1.91. The van der Waals surface area contributed by atoms with Gasteiger partial charge in [0.05, 0.1) is 39.0 Å². The van der Waals surface area contributed by atoms with E-state index in [2.05, 4.69) is 4.98 Å². The van der Waals surface area contributed by atoms with Gasteiger partial charge < -0.3 is 34.2 Å². The van der Waals surface area contributed by atoms with Gasteiger partial charge in [0.1, 0.15) is 11.9 Å². The average molecular weight is 536 g/mol. The highest BCUT2D eigenvalue weighted by molar-refractivity contribution is 5.61. The molecular weight excluding hydrogens is 501 g/mol. The van der Waals surface area contributed by atoms with Crippen LogP contribution < -0.4 is 19.1 Å². The van der Waals surface area contributed by atoms with E-state index in [-0.39, 0.29) is 11.8 Å². The summed E-state index contributed by atoms with van der Waals surface area (Å²) in [4.78, 5) is 8.42. The zero-order valence-electron chi connectivity index (χ0n) is 22.5. The Kier molecular flexibility index (Phi) is 6.21. The summed E-state index contributed by atoms with van der Waals surface area (Å²) in [6.45, 7) is 1.21. The van der Waals surface area contributed by atoms with Gasteiger partial charge in [-0.15, -0.1) is 0 Å². The van der Waals surface area contributed by atoms with E-state index in [0.29, 0.717) is 36.5 Å². The van der Waals surface area contributed by atoms with Crippen molar-refractivity contribution in [2.75, 3.05) is 52.8 Å². The topological polar surface area (TPSA) is 87.5 Å². The summed E-state index contributed by atoms with van der Waals surface area (Å²) in [6, 6.07) is 19.2. The van der Waals surface area contributed by atoms with E-state index in [9.17, 15) is 14.6 Å². The Morgan fingerprint density at radius 3 is 2.36 bits per heavy atom. The van der Waals surface area contributed by atoms with E-state index in [1.165, 1.54) is 14.2 Å². The third-order valence-electron chi connectivity index (χ3n) is 8.48. The van der Waals surface area contributed by atoms with Gasteiger partial charge in [-0.25, -0.2) is 4.39 Å². The lowest BCUT2D eigenvalue weighted by Crippen LogP contribution is -2.52. The molecule has 1 saturated carbocycles. The van der Waals surface area contributed by atoms with Crippen LogP contribution in [0.5, 0.6) is 17.5 Å². The number of aliphatic hydroxyl groups excluding tert-OH is 1. The number of hydrogen-bond acceptors (Lipinski definition) is 8. The number of rotatable bonds is 7. The number of halogens is 1. The first kappa shape index (κ1) is 25.9. The molecule has 3 aliphatic rings. The second-order valence-corrected chi connectivity index (χ2v) is 11.0. The Bertz CT molecular complexity index is 1350. The van der Waals surface area contributed by atoms with Crippen LogP contribution in [0, 0.1) is 5.92 Å². The predicted molar refractivity (Wildman–Crippen MR) is 144 cm³/mol. The van der Waals surface area contributed by atoms with Crippen molar-refractivity contribution in [3.63, 3.8) is 0 Å². The molecule has 0 amide bonds. The Balaban J connectivity index is 1.61. The number of methoxy groups -OCH3 is 2. The lowest BCUT2D eigenvalue weighted by Gasteiger charge is -2.41.